The molecule has 2 N–H and O–H groups in total. The molecule has 0 atom stereocenters. The number of rotatable bonds is 4. The number of carbonyl (C=O) groups is 2. The maximum absolute atomic E-state index is 11.8. The lowest BCUT2D eigenvalue weighted by molar-refractivity contribution is -0.123. The van der Waals surface area contributed by atoms with Gasteiger partial charge in [-0.3, -0.25) is 9.59 Å². The van der Waals surface area contributed by atoms with E-state index >= 15 is 0 Å². The van der Waals surface area contributed by atoms with Crippen molar-refractivity contribution in [3.8, 4) is 0 Å². The highest BCUT2D eigenvalue weighted by atomic mass is 35.5. The highest BCUT2D eigenvalue weighted by Crippen LogP contribution is 2.15. The van der Waals surface area contributed by atoms with E-state index in [-0.39, 0.29) is 18.2 Å². The van der Waals surface area contributed by atoms with Gasteiger partial charge in [-0.05, 0) is 37.3 Å². The first-order valence-corrected chi connectivity index (χ1v) is 6.83. The van der Waals surface area contributed by atoms with E-state index in [1.807, 2.05) is 19.1 Å². The Kier molecular flexibility index (Phi) is 4.95. The molecule has 0 fully saturated rings. The van der Waals surface area contributed by atoms with Gasteiger partial charge in [0.15, 0.2) is 0 Å². The summed E-state index contributed by atoms with van der Waals surface area (Å²) < 4.78 is 0. The lowest BCUT2D eigenvalue weighted by Gasteiger charge is -2.07. The molecule has 0 aromatic heterocycles. The second-order valence-electron chi connectivity index (χ2n) is 4.65. The minimum Gasteiger partial charge on any atom is -0.326 e. The molecule has 2 aromatic rings. The third kappa shape index (κ3) is 4.93. The van der Waals surface area contributed by atoms with Crippen molar-refractivity contribution in [2.75, 3.05) is 10.6 Å². The monoisotopic (exact) mass is 302 g/mol. The van der Waals surface area contributed by atoms with Crippen LogP contribution in [0.1, 0.15) is 12.0 Å². The molecular formula is C16H15ClN2O2. The topological polar surface area (TPSA) is 58.2 Å². The molecule has 0 heterocycles. The van der Waals surface area contributed by atoms with Gasteiger partial charge in [-0.15, -0.1) is 0 Å². The molecule has 4 nitrogen and oxygen atoms in total. The number of halogens is 1. The van der Waals surface area contributed by atoms with Crippen LogP contribution in [0.5, 0.6) is 0 Å². The van der Waals surface area contributed by atoms with E-state index in [4.69, 9.17) is 11.6 Å². The summed E-state index contributed by atoms with van der Waals surface area (Å²) in [5.41, 5.74) is 2.34. The highest BCUT2D eigenvalue weighted by Gasteiger charge is 2.10. The fourth-order valence-corrected chi connectivity index (χ4v) is 1.95. The molecule has 21 heavy (non-hydrogen) atoms. The predicted molar refractivity (Wildman–Crippen MR) is 84.5 cm³/mol. The fourth-order valence-electron chi connectivity index (χ4n) is 1.76. The van der Waals surface area contributed by atoms with E-state index in [1.54, 1.807) is 36.4 Å². The molecule has 0 aliphatic heterocycles. The smallest absolute Gasteiger partial charge is 0.233 e. The summed E-state index contributed by atoms with van der Waals surface area (Å²) in [4.78, 5) is 23.5. The average Bonchev–Trinajstić information content (AvgIpc) is 2.41. The van der Waals surface area contributed by atoms with Crippen molar-refractivity contribution in [2.45, 2.75) is 13.3 Å². The quantitative estimate of drug-likeness (QED) is 0.848. The Morgan fingerprint density at radius 2 is 1.57 bits per heavy atom. The Morgan fingerprint density at radius 3 is 2.19 bits per heavy atom. The van der Waals surface area contributed by atoms with Gasteiger partial charge in [-0.2, -0.15) is 0 Å². The summed E-state index contributed by atoms with van der Waals surface area (Å²) in [5.74, 6) is -0.750. The molecule has 5 heteroatoms. The van der Waals surface area contributed by atoms with Gasteiger partial charge in [0.05, 0.1) is 0 Å². The Balaban J connectivity index is 1.87. The van der Waals surface area contributed by atoms with Crippen LogP contribution in [0.15, 0.2) is 48.5 Å². The van der Waals surface area contributed by atoms with Gasteiger partial charge < -0.3 is 10.6 Å². The van der Waals surface area contributed by atoms with E-state index < -0.39 is 0 Å². The molecule has 2 rings (SSSR count). The van der Waals surface area contributed by atoms with Crippen molar-refractivity contribution in [1.29, 1.82) is 0 Å². The molecule has 0 aliphatic rings. The summed E-state index contributed by atoms with van der Waals surface area (Å²) >= 11 is 5.82. The molecule has 0 saturated carbocycles. The summed E-state index contributed by atoms with van der Waals surface area (Å²) in [6.07, 6.45) is -0.250. The van der Waals surface area contributed by atoms with Crippen LogP contribution in [0, 0.1) is 6.92 Å². The van der Waals surface area contributed by atoms with Crippen LogP contribution in [0.2, 0.25) is 5.02 Å². The molecule has 0 aliphatic carbocycles. The lowest BCUT2D eigenvalue weighted by atomic mass is 10.2. The minimum absolute atomic E-state index is 0.250. The van der Waals surface area contributed by atoms with Crippen LogP contribution in [0.3, 0.4) is 0 Å². The molecule has 0 bridgehead atoms. The van der Waals surface area contributed by atoms with Crippen LogP contribution in [0.25, 0.3) is 0 Å². The van der Waals surface area contributed by atoms with Crippen LogP contribution in [0.4, 0.5) is 11.4 Å². The summed E-state index contributed by atoms with van der Waals surface area (Å²) in [6, 6.07) is 14.1. The maximum atomic E-state index is 11.8. The zero-order chi connectivity index (χ0) is 15.2. The van der Waals surface area contributed by atoms with Crippen molar-refractivity contribution in [3.63, 3.8) is 0 Å². The number of carbonyl (C=O) groups excluding carboxylic acids is 2. The first-order chi connectivity index (χ1) is 10.0. The number of anilines is 2. The Bertz CT molecular complexity index is 654. The summed E-state index contributed by atoms with van der Waals surface area (Å²) in [5, 5.41) is 5.82. The molecule has 0 unspecified atom stereocenters. The molecule has 2 aromatic carbocycles. The molecular weight excluding hydrogens is 288 g/mol. The van der Waals surface area contributed by atoms with Gasteiger partial charge in [0.2, 0.25) is 11.8 Å². The average molecular weight is 303 g/mol. The maximum Gasteiger partial charge on any atom is 0.233 e. The number of nitrogens with one attached hydrogen (secondary N) is 2. The van der Waals surface area contributed by atoms with Gasteiger partial charge in [-0.1, -0.05) is 35.4 Å². The van der Waals surface area contributed by atoms with Crippen molar-refractivity contribution in [2.24, 2.45) is 0 Å². The first-order valence-electron chi connectivity index (χ1n) is 6.45. The largest absolute Gasteiger partial charge is 0.326 e. The van der Waals surface area contributed by atoms with Crippen molar-refractivity contribution in [3.05, 3.63) is 59.1 Å². The molecule has 108 valence electrons. The Morgan fingerprint density at radius 1 is 0.952 bits per heavy atom. The number of hydrogen-bond donors (Lipinski definition) is 2. The van der Waals surface area contributed by atoms with Gasteiger partial charge >= 0.3 is 0 Å². The molecule has 0 radical (unpaired) electrons. The third-order valence-electron chi connectivity index (χ3n) is 2.76. The number of aryl methyl sites for hydroxylation is 1. The molecule has 0 saturated heterocycles. The third-order valence-corrected chi connectivity index (χ3v) is 3.00. The zero-order valence-electron chi connectivity index (χ0n) is 11.5. The molecule has 0 spiro atoms. The second kappa shape index (κ2) is 6.90. The van der Waals surface area contributed by atoms with Crippen LogP contribution in [-0.4, -0.2) is 11.8 Å². The van der Waals surface area contributed by atoms with Gasteiger partial charge in [0.25, 0.3) is 0 Å². The van der Waals surface area contributed by atoms with E-state index in [1.165, 1.54) is 0 Å². The van der Waals surface area contributed by atoms with Gasteiger partial charge in [0.1, 0.15) is 6.42 Å². The van der Waals surface area contributed by atoms with E-state index in [0.717, 1.165) is 5.56 Å². The van der Waals surface area contributed by atoms with Gasteiger partial charge in [-0.25, -0.2) is 0 Å². The normalized spacial score (nSPS) is 10.0. The van der Waals surface area contributed by atoms with Crippen molar-refractivity contribution >= 4 is 34.8 Å². The fraction of sp³-hybridized carbons (Fsp3) is 0.125. The Hall–Kier alpha value is -2.33. The van der Waals surface area contributed by atoms with E-state index in [2.05, 4.69) is 10.6 Å². The van der Waals surface area contributed by atoms with Gasteiger partial charge in [0, 0.05) is 16.4 Å². The van der Waals surface area contributed by atoms with Crippen LogP contribution in [-0.2, 0) is 9.59 Å². The number of amides is 2. The van der Waals surface area contributed by atoms with E-state index in [0.29, 0.717) is 16.4 Å². The standard InChI is InChI=1S/C16H15ClN2O2/c1-11-5-7-13(8-6-11)18-15(20)10-16(21)19-14-4-2-3-12(17)9-14/h2-9H,10H2,1H3,(H,18,20)(H,19,21). The van der Waals surface area contributed by atoms with E-state index in [9.17, 15) is 9.59 Å². The predicted octanol–water partition coefficient (Wildman–Crippen LogP) is 3.62. The first kappa shape index (κ1) is 15.1. The van der Waals surface area contributed by atoms with Crippen LogP contribution < -0.4 is 10.6 Å². The van der Waals surface area contributed by atoms with Crippen LogP contribution >= 0.6 is 11.6 Å². The SMILES string of the molecule is Cc1ccc(NC(=O)CC(=O)Nc2cccc(Cl)c2)cc1. The highest BCUT2D eigenvalue weighted by molar-refractivity contribution is 6.30. The summed E-state index contributed by atoms with van der Waals surface area (Å²) in [6.45, 7) is 1.96. The Labute approximate surface area is 128 Å². The number of hydrogen-bond acceptors (Lipinski definition) is 2. The second-order valence-corrected chi connectivity index (χ2v) is 5.09. The minimum atomic E-state index is -0.387. The summed E-state index contributed by atoms with van der Waals surface area (Å²) in [7, 11) is 0. The lowest BCUT2D eigenvalue weighted by Crippen LogP contribution is -2.21. The number of benzene rings is 2. The van der Waals surface area contributed by atoms with Crippen molar-refractivity contribution in [1.82, 2.24) is 0 Å². The zero-order valence-corrected chi connectivity index (χ0v) is 12.3. The molecule has 2 amide bonds. The van der Waals surface area contributed by atoms with Crippen molar-refractivity contribution < 1.29 is 9.59 Å².